The molecule has 2 aliphatic carbocycles. The van der Waals surface area contributed by atoms with Gasteiger partial charge in [-0.3, -0.25) is 4.90 Å². The van der Waals surface area contributed by atoms with Gasteiger partial charge in [0, 0.05) is 68.2 Å². The van der Waals surface area contributed by atoms with E-state index in [0.29, 0.717) is 19.1 Å². The molecule has 364 valence electrons. The molecule has 2 N–H and O–H groups in total. The summed E-state index contributed by atoms with van der Waals surface area (Å²) in [7, 11) is 3.74. The van der Waals surface area contributed by atoms with Gasteiger partial charge in [0.25, 0.3) is 0 Å². The Hall–Kier alpha value is -6.13. The number of pyridine rings is 2. The van der Waals surface area contributed by atoms with Crippen molar-refractivity contribution in [2.45, 2.75) is 144 Å². The minimum absolute atomic E-state index is 0.0870. The first-order valence-electron chi connectivity index (χ1n) is 25.2. The molecule has 2 aliphatic rings. The van der Waals surface area contributed by atoms with E-state index >= 15 is 0 Å². The summed E-state index contributed by atoms with van der Waals surface area (Å²) in [6.45, 7) is 15.1. The maximum absolute atomic E-state index is 12.5. The van der Waals surface area contributed by atoms with Gasteiger partial charge in [-0.15, -0.1) is 0 Å². The first-order chi connectivity index (χ1) is 33.0. The highest BCUT2D eigenvalue weighted by Crippen LogP contribution is 2.32. The van der Waals surface area contributed by atoms with Crippen LogP contribution in [-0.2, 0) is 30.7 Å². The van der Waals surface area contributed by atoms with Crippen LogP contribution in [0.2, 0.25) is 0 Å². The Balaban J connectivity index is 0.000000203. The largest absolute Gasteiger partial charge is 0.494 e. The third-order valence-corrected chi connectivity index (χ3v) is 12.9. The van der Waals surface area contributed by atoms with Gasteiger partial charge in [-0.2, -0.15) is 0 Å². The number of isocyanates is 1. The summed E-state index contributed by atoms with van der Waals surface area (Å²) in [6, 6.07) is 25.8. The summed E-state index contributed by atoms with van der Waals surface area (Å²) < 4.78 is 16.1. The van der Waals surface area contributed by atoms with Crippen LogP contribution in [-0.4, -0.2) is 70.6 Å². The molecule has 0 spiro atoms. The van der Waals surface area contributed by atoms with Gasteiger partial charge in [-0.1, -0.05) is 62.8 Å². The van der Waals surface area contributed by atoms with E-state index in [1.807, 2.05) is 73.1 Å². The molecule has 0 bridgehead atoms. The summed E-state index contributed by atoms with van der Waals surface area (Å²) >= 11 is 0. The molecule has 8 rings (SSSR count). The van der Waals surface area contributed by atoms with Crippen molar-refractivity contribution in [3.63, 3.8) is 0 Å². The molecule has 0 radical (unpaired) electrons. The van der Waals surface area contributed by atoms with Crippen molar-refractivity contribution in [2.75, 3.05) is 37.5 Å². The van der Waals surface area contributed by atoms with E-state index < -0.39 is 0 Å². The number of urea groups is 1. The van der Waals surface area contributed by atoms with Crippen molar-refractivity contribution in [2.24, 2.45) is 16.8 Å². The Kier molecular flexibility index (Phi) is 19.5. The fourth-order valence-corrected chi connectivity index (χ4v) is 9.39. The van der Waals surface area contributed by atoms with Crippen LogP contribution < -0.4 is 25.0 Å². The highest BCUT2D eigenvalue weighted by atomic mass is 16.5. The number of benzene rings is 2. The zero-order chi connectivity index (χ0) is 48.4. The molecule has 6 aromatic rings. The fraction of sp³-hybridized carbons (Fsp3) is 0.500. The SMILES string of the molecule is CC(C)N=C=O.CCOc1ccc(Cc2cc3cc(N(C)C(=O)NC(C)C)cnc3n2CC2CCCCC2)cc1.CCOc1ccc(Cc2cc3cc(NC)cnc3n2CC2CCCCC2)cc1. The van der Waals surface area contributed by atoms with Crippen LogP contribution in [0, 0.1) is 11.8 Å². The molecule has 2 saturated carbocycles. The molecule has 0 saturated heterocycles. The van der Waals surface area contributed by atoms with Crippen LogP contribution in [0.3, 0.4) is 0 Å². The second kappa shape index (κ2) is 25.9. The number of carbonyl (C=O) groups excluding carboxylic acids is 2. The van der Waals surface area contributed by atoms with Crippen molar-refractivity contribution in [3.05, 3.63) is 108 Å². The topological polar surface area (TPSA) is 128 Å². The molecule has 2 amide bonds. The number of hydrogen-bond acceptors (Lipinski definition) is 8. The number of rotatable bonds is 16. The van der Waals surface area contributed by atoms with Crippen LogP contribution >= 0.6 is 0 Å². The van der Waals surface area contributed by atoms with Crippen LogP contribution in [0.15, 0.2) is 90.2 Å². The number of carbonyl (C=O) groups is 1. The lowest BCUT2D eigenvalue weighted by atomic mass is 9.89. The minimum Gasteiger partial charge on any atom is -0.494 e. The van der Waals surface area contributed by atoms with Crippen molar-refractivity contribution in [1.82, 2.24) is 24.4 Å². The first kappa shape index (κ1) is 51.3. The standard InChI is InChI=1S/C28H38N4O2.C24H31N3O.C4H7NO/c1-5-34-26-13-11-21(12-14-26)15-24-16-23-17-25(31(4)28(33)30-20(2)3)18-29-27(23)32(24)19-22-9-7-6-8-10-22;1-3-28-23-11-9-18(10-12-23)13-22-15-20-14-21(25-2)16-26-24(20)27(22)17-19-7-5-4-6-8-19;1-4(2)5-3-6/h11-14,16-18,20,22H,5-10,15,19H2,1-4H3,(H,30,33);9-12,14-16,19,25H,3-8,13,17H2,1-2H3;4H,1-2H3. The van der Waals surface area contributed by atoms with Gasteiger partial charge < -0.3 is 29.2 Å². The quantitative estimate of drug-likeness (QED) is 0.0731. The second-order valence-corrected chi connectivity index (χ2v) is 19.0. The number of ether oxygens (including phenoxy) is 2. The number of aromatic nitrogens is 4. The average Bonchev–Trinajstić information content (AvgIpc) is 3.85. The molecule has 12 heteroatoms. The maximum atomic E-state index is 12.5. The summed E-state index contributed by atoms with van der Waals surface area (Å²) in [5, 5.41) is 8.47. The summed E-state index contributed by atoms with van der Waals surface area (Å²) in [5.74, 6) is 3.32. The van der Waals surface area contributed by atoms with Crippen molar-refractivity contribution >= 4 is 45.6 Å². The lowest BCUT2D eigenvalue weighted by molar-refractivity contribution is 0.245. The van der Waals surface area contributed by atoms with Crippen molar-refractivity contribution in [3.8, 4) is 11.5 Å². The molecule has 2 aromatic carbocycles. The molecule has 0 atom stereocenters. The van der Waals surface area contributed by atoms with Crippen LogP contribution in [0.4, 0.5) is 16.2 Å². The average molecular weight is 925 g/mol. The molecule has 4 heterocycles. The van der Waals surface area contributed by atoms with E-state index in [-0.39, 0.29) is 18.1 Å². The summed E-state index contributed by atoms with van der Waals surface area (Å²) in [6.07, 6.45) is 20.4. The molecule has 4 aromatic heterocycles. The Bertz CT molecular complexity index is 2530. The van der Waals surface area contributed by atoms with Gasteiger partial charge in [0.15, 0.2) is 0 Å². The normalized spacial score (nSPS) is 14.1. The van der Waals surface area contributed by atoms with Crippen LogP contribution in [0.25, 0.3) is 22.1 Å². The fourth-order valence-electron chi connectivity index (χ4n) is 9.39. The maximum Gasteiger partial charge on any atom is 0.321 e. The number of amides is 2. The summed E-state index contributed by atoms with van der Waals surface area (Å²) in [4.78, 5) is 36.4. The van der Waals surface area contributed by atoms with Gasteiger partial charge in [0.05, 0.1) is 43.0 Å². The lowest BCUT2D eigenvalue weighted by Gasteiger charge is -2.24. The Morgan fingerprint density at radius 1 is 0.721 bits per heavy atom. The smallest absolute Gasteiger partial charge is 0.321 e. The van der Waals surface area contributed by atoms with E-state index in [1.165, 1.54) is 98.2 Å². The highest BCUT2D eigenvalue weighted by molar-refractivity contribution is 5.93. The summed E-state index contributed by atoms with van der Waals surface area (Å²) in [5.41, 5.74) is 9.17. The van der Waals surface area contributed by atoms with E-state index in [4.69, 9.17) is 19.4 Å². The molecular formula is C56H76N8O4. The number of nitrogens with zero attached hydrogens (tertiary/aromatic N) is 6. The van der Waals surface area contributed by atoms with Crippen molar-refractivity contribution < 1.29 is 19.1 Å². The monoisotopic (exact) mass is 925 g/mol. The molecule has 0 unspecified atom stereocenters. The Morgan fingerprint density at radius 2 is 1.19 bits per heavy atom. The third kappa shape index (κ3) is 14.7. The zero-order valence-corrected chi connectivity index (χ0v) is 42.0. The van der Waals surface area contributed by atoms with E-state index in [1.54, 1.807) is 11.9 Å². The predicted molar refractivity (Wildman–Crippen MR) is 278 cm³/mol. The zero-order valence-electron chi connectivity index (χ0n) is 42.0. The molecule has 12 nitrogen and oxygen atoms in total. The number of aliphatic imine (C=N–C) groups is 1. The van der Waals surface area contributed by atoms with Gasteiger partial charge >= 0.3 is 6.03 Å². The number of fused-ring (bicyclic) bond motifs is 2. The highest BCUT2D eigenvalue weighted by Gasteiger charge is 2.21. The Morgan fingerprint density at radius 3 is 1.60 bits per heavy atom. The molecular weight excluding hydrogens is 849 g/mol. The van der Waals surface area contributed by atoms with Crippen LogP contribution in [0.1, 0.15) is 128 Å². The lowest BCUT2D eigenvalue weighted by Crippen LogP contribution is -2.40. The van der Waals surface area contributed by atoms with Gasteiger partial charge in [0.2, 0.25) is 6.08 Å². The second-order valence-electron chi connectivity index (χ2n) is 19.0. The molecule has 0 aliphatic heterocycles. The van der Waals surface area contributed by atoms with E-state index in [9.17, 15) is 9.59 Å². The predicted octanol–water partition coefficient (Wildman–Crippen LogP) is 12.5. The molecule has 2 fully saturated rings. The van der Waals surface area contributed by atoms with Crippen LogP contribution in [0.5, 0.6) is 11.5 Å². The van der Waals surface area contributed by atoms with E-state index in [2.05, 4.69) is 85.4 Å². The molecule has 68 heavy (non-hydrogen) atoms. The van der Waals surface area contributed by atoms with Gasteiger partial charge in [-0.05, 0) is 139 Å². The number of hydrogen-bond donors (Lipinski definition) is 2. The Labute approximate surface area is 404 Å². The number of anilines is 2. The van der Waals surface area contributed by atoms with E-state index in [0.717, 1.165) is 71.4 Å². The first-order valence-corrected chi connectivity index (χ1v) is 25.2. The number of nitrogens with one attached hydrogen (secondary N) is 2. The van der Waals surface area contributed by atoms with Gasteiger partial charge in [0.1, 0.15) is 22.8 Å². The van der Waals surface area contributed by atoms with Crippen molar-refractivity contribution in [1.29, 1.82) is 0 Å². The minimum atomic E-state index is -0.118. The van der Waals surface area contributed by atoms with Gasteiger partial charge in [-0.25, -0.2) is 24.5 Å². The third-order valence-electron chi connectivity index (χ3n) is 12.9.